The van der Waals surface area contributed by atoms with Crippen LogP contribution in [0.4, 0.5) is 0 Å². The molecule has 4 rings (SSSR count). The molecule has 0 saturated heterocycles. The number of hydrogen-bond acceptors (Lipinski definition) is 9. The maximum Gasteiger partial charge on any atom is 0.333 e. The van der Waals surface area contributed by atoms with Gasteiger partial charge >= 0.3 is 23.9 Å². The van der Waals surface area contributed by atoms with E-state index in [1.54, 1.807) is 7.11 Å². The fraction of sp³-hybridized carbons (Fsp3) is 0.333. The van der Waals surface area contributed by atoms with E-state index in [4.69, 9.17) is 23.7 Å². The molecule has 9 heteroatoms. The van der Waals surface area contributed by atoms with Crippen LogP contribution in [0.5, 0.6) is 5.75 Å². The zero-order valence-corrected chi connectivity index (χ0v) is 25.9. The highest BCUT2D eigenvalue weighted by atomic mass is 16.6. The zero-order valence-electron chi connectivity index (χ0n) is 25.9. The van der Waals surface area contributed by atoms with Crippen molar-refractivity contribution in [2.45, 2.75) is 44.9 Å². The Balaban J connectivity index is 1.59. The molecule has 0 amide bonds. The number of esters is 4. The molecule has 0 fully saturated rings. The van der Waals surface area contributed by atoms with Gasteiger partial charge in [-0.1, -0.05) is 43.5 Å². The van der Waals surface area contributed by atoms with Crippen LogP contribution in [0.1, 0.15) is 50.7 Å². The summed E-state index contributed by atoms with van der Waals surface area (Å²) in [6.45, 7) is 9.83. The van der Waals surface area contributed by atoms with Gasteiger partial charge in [0.15, 0.2) is 0 Å². The summed E-state index contributed by atoms with van der Waals surface area (Å²) < 4.78 is 26.4. The molecule has 1 aliphatic rings. The Morgan fingerprint density at radius 2 is 1.13 bits per heavy atom. The predicted octanol–water partition coefficient (Wildman–Crippen LogP) is 6.00. The van der Waals surface area contributed by atoms with Crippen molar-refractivity contribution in [2.75, 3.05) is 33.5 Å². The van der Waals surface area contributed by atoms with Crippen LogP contribution in [-0.4, -0.2) is 57.4 Å². The number of fused-ring (bicyclic) bond motifs is 4. The molecule has 236 valence electrons. The number of ether oxygens (including phenoxy) is 5. The standard InChI is InChI=1S/C36H38O9/c1-23(2)34(39)44-18-16-42-32(37)12-14-36(15-13-33(38)43-17-19-45-35(40)24(3)4)30-11-10-27(41-5)22-29(30)28-20-25-8-6-7-9-26(25)21-31(28)36/h6-11,20-22H,1,3,12-19H2,2,4-5H3. The summed E-state index contributed by atoms with van der Waals surface area (Å²) in [5, 5.41) is 2.09. The SMILES string of the molecule is C=C(C)C(=O)OCCOC(=O)CCC1(CCC(=O)OCCOC(=O)C(=C)C)c2ccc(OC)cc2-c2cc3ccccc3cc21. The molecular formula is C36H38O9. The highest BCUT2D eigenvalue weighted by molar-refractivity contribution is 5.94. The molecule has 0 bridgehead atoms. The third kappa shape index (κ3) is 7.78. The van der Waals surface area contributed by atoms with E-state index in [1.165, 1.54) is 13.8 Å². The van der Waals surface area contributed by atoms with Crippen molar-refractivity contribution in [3.63, 3.8) is 0 Å². The fourth-order valence-electron chi connectivity index (χ4n) is 5.56. The van der Waals surface area contributed by atoms with Gasteiger partial charge in [-0.15, -0.1) is 0 Å². The van der Waals surface area contributed by atoms with Crippen LogP contribution >= 0.6 is 0 Å². The molecule has 0 saturated carbocycles. The van der Waals surface area contributed by atoms with Crippen molar-refractivity contribution in [3.05, 3.63) is 90.0 Å². The number of benzene rings is 3. The van der Waals surface area contributed by atoms with Gasteiger partial charge < -0.3 is 23.7 Å². The van der Waals surface area contributed by atoms with E-state index in [-0.39, 0.29) is 50.4 Å². The van der Waals surface area contributed by atoms with E-state index in [9.17, 15) is 19.2 Å². The Morgan fingerprint density at radius 3 is 1.64 bits per heavy atom. The number of carbonyl (C=O) groups excluding carboxylic acids is 4. The zero-order chi connectivity index (χ0) is 32.6. The highest BCUT2D eigenvalue weighted by Gasteiger charge is 2.44. The number of methoxy groups -OCH3 is 1. The van der Waals surface area contributed by atoms with E-state index in [0.29, 0.717) is 18.6 Å². The first-order valence-corrected chi connectivity index (χ1v) is 14.7. The van der Waals surface area contributed by atoms with Gasteiger partial charge in [-0.3, -0.25) is 9.59 Å². The first-order chi connectivity index (χ1) is 21.6. The Bertz CT molecular complexity index is 1580. The third-order valence-corrected chi connectivity index (χ3v) is 7.80. The molecule has 45 heavy (non-hydrogen) atoms. The molecule has 0 radical (unpaired) electrons. The Labute approximate surface area is 262 Å². The summed E-state index contributed by atoms with van der Waals surface area (Å²) in [6.07, 6.45) is 0.813. The molecule has 0 heterocycles. The van der Waals surface area contributed by atoms with E-state index in [1.807, 2.05) is 42.5 Å². The van der Waals surface area contributed by atoms with E-state index < -0.39 is 29.3 Å². The lowest BCUT2D eigenvalue weighted by atomic mass is 9.71. The third-order valence-electron chi connectivity index (χ3n) is 7.80. The summed E-state index contributed by atoms with van der Waals surface area (Å²) in [5.74, 6) is -1.31. The average Bonchev–Trinajstić information content (AvgIpc) is 3.29. The Morgan fingerprint density at radius 1 is 0.644 bits per heavy atom. The van der Waals surface area contributed by atoms with Gasteiger partial charge in [0.25, 0.3) is 0 Å². The molecule has 0 atom stereocenters. The fourth-order valence-corrected chi connectivity index (χ4v) is 5.56. The van der Waals surface area contributed by atoms with E-state index >= 15 is 0 Å². The van der Waals surface area contributed by atoms with Crippen LogP contribution in [0.2, 0.25) is 0 Å². The van der Waals surface area contributed by atoms with E-state index in [2.05, 4.69) is 25.3 Å². The van der Waals surface area contributed by atoms with Crippen LogP contribution in [-0.2, 0) is 43.5 Å². The van der Waals surface area contributed by atoms with Gasteiger partial charge in [0.1, 0.15) is 32.2 Å². The van der Waals surface area contributed by atoms with Crippen molar-refractivity contribution in [1.82, 2.24) is 0 Å². The minimum absolute atomic E-state index is 0.0536. The second-order valence-electron chi connectivity index (χ2n) is 11.0. The normalized spacial score (nSPS) is 12.4. The molecule has 0 N–H and O–H groups in total. The maximum atomic E-state index is 12.9. The molecule has 0 unspecified atom stereocenters. The number of hydrogen-bond donors (Lipinski definition) is 0. The Kier molecular flexibility index (Phi) is 10.8. The van der Waals surface area contributed by atoms with Crippen LogP contribution in [0.25, 0.3) is 21.9 Å². The van der Waals surface area contributed by atoms with Crippen molar-refractivity contribution < 1.29 is 42.9 Å². The second kappa shape index (κ2) is 14.7. The van der Waals surface area contributed by atoms with Gasteiger partial charge in [-0.05, 0) is 84.0 Å². The van der Waals surface area contributed by atoms with Crippen molar-refractivity contribution in [2.24, 2.45) is 0 Å². The maximum absolute atomic E-state index is 12.9. The monoisotopic (exact) mass is 614 g/mol. The summed E-state index contributed by atoms with van der Waals surface area (Å²) in [5.41, 5.74) is 3.74. The lowest BCUT2D eigenvalue weighted by Gasteiger charge is -2.32. The summed E-state index contributed by atoms with van der Waals surface area (Å²) >= 11 is 0. The quantitative estimate of drug-likeness (QED) is 0.0880. The highest BCUT2D eigenvalue weighted by Crippen LogP contribution is 2.55. The molecule has 1 aliphatic carbocycles. The van der Waals surface area contributed by atoms with Crippen LogP contribution in [0.3, 0.4) is 0 Å². The minimum atomic E-state index is -0.724. The topological polar surface area (TPSA) is 114 Å². The smallest absolute Gasteiger partial charge is 0.333 e. The Hall–Kier alpha value is -4.92. The molecule has 0 aromatic heterocycles. The first kappa shape index (κ1) is 33.0. The van der Waals surface area contributed by atoms with E-state index in [0.717, 1.165) is 33.0 Å². The lowest BCUT2D eigenvalue weighted by Crippen LogP contribution is -2.28. The van der Waals surface area contributed by atoms with Gasteiger partial charge in [0.05, 0.1) is 7.11 Å². The van der Waals surface area contributed by atoms with Crippen molar-refractivity contribution in [1.29, 1.82) is 0 Å². The van der Waals surface area contributed by atoms with Crippen molar-refractivity contribution in [3.8, 4) is 16.9 Å². The molecule has 9 nitrogen and oxygen atoms in total. The first-order valence-electron chi connectivity index (χ1n) is 14.7. The molecular weight excluding hydrogens is 576 g/mol. The predicted molar refractivity (Wildman–Crippen MR) is 169 cm³/mol. The van der Waals surface area contributed by atoms with Crippen LogP contribution in [0, 0.1) is 0 Å². The summed E-state index contributed by atoms with van der Waals surface area (Å²) in [4.78, 5) is 49.1. The second-order valence-corrected chi connectivity index (χ2v) is 11.0. The number of rotatable bonds is 15. The summed E-state index contributed by atoms with van der Waals surface area (Å²) in [7, 11) is 1.61. The van der Waals surface area contributed by atoms with Gasteiger partial charge in [-0.2, -0.15) is 0 Å². The van der Waals surface area contributed by atoms with Gasteiger partial charge in [-0.25, -0.2) is 9.59 Å². The van der Waals surface area contributed by atoms with Gasteiger partial charge in [0.2, 0.25) is 0 Å². The number of carbonyl (C=O) groups is 4. The minimum Gasteiger partial charge on any atom is -0.497 e. The van der Waals surface area contributed by atoms with Crippen LogP contribution < -0.4 is 4.74 Å². The molecule has 0 aliphatic heterocycles. The molecule has 3 aromatic carbocycles. The average molecular weight is 615 g/mol. The summed E-state index contributed by atoms with van der Waals surface area (Å²) in [6, 6.07) is 18.1. The lowest BCUT2D eigenvalue weighted by molar-refractivity contribution is -0.150. The molecule has 0 spiro atoms. The molecule has 3 aromatic rings. The largest absolute Gasteiger partial charge is 0.497 e. The van der Waals surface area contributed by atoms with Crippen LogP contribution in [0.15, 0.2) is 78.9 Å². The van der Waals surface area contributed by atoms with Gasteiger partial charge in [0, 0.05) is 29.4 Å². The van der Waals surface area contributed by atoms with Crippen molar-refractivity contribution >= 4 is 34.6 Å².